The number of fused-ring (bicyclic) bond motifs is 1. The van der Waals surface area contributed by atoms with Crippen LogP contribution in [-0.4, -0.2) is 36.8 Å². The number of hydrogen-bond donors (Lipinski definition) is 1. The molecule has 0 saturated carbocycles. The molecule has 2 aliphatic rings. The topological polar surface area (TPSA) is 15.3 Å². The number of nitrogens with zero attached hydrogens (tertiary/aromatic N) is 1. The minimum Gasteiger partial charge on any atom is -0.314 e. The number of nitrogens with one attached hydrogen (secondary N) is 1. The summed E-state index contributed by atoms with van der Waals surface area (Å²) in [6, 6.07) is 9.59. The Morgan fingerprint density at radius 3 is 2.88 bits per heavy atom. The number of thioether (sulfide) groups is 1. The van der Waals surface area contributed by atoms with Crippen LogP contribution in [-0.2, 0) is 0 Å². The molecule has 3 heteroatoms. The molecule has 2 nitrogen and oxygen atoms in total. The van der Waals surface area contributed by atoms with Crippen molar-refractivity contribution in [3.8, 4) is 0 Å². The first-order valence-corrected chi connectivity index (χ1v) is 7.10. The minimum absolute atomic E-state index is 0.666. The van der Waals surface area contributed by atoms with Gasteiger partial charge in [0.25, 0.3) is 0 Å². The van der Waals surface area contributed by atoms with Crippen molar-refractivity contribution in [2.45, 2.75) is 17.4 Å². The highest BCUT2D eigenvalue weighted by atomic mass is 32.2. The molecule has 1 aromatic rings. The van der Waals surface area contributed by atoms with Gasteiger partial charge in [-0.25, -0.2) is 0 Å². The lowest BCUT2D eigenvalue weighted by molar-refractivity contribution is 0.167. The third-order valence-electron chi connectivity index (χ3n) is 3.52. The first-order valence-electron chi connectivity index (χ1n) is 6.11. The zero-order valence-electron chi connectivity index (χ0n) is 9.48. The molecule has 0 radical (unpaired) electrons. The SMILES string of the molecule is c1ccc2c(c1)SCCC2N1CCNCC1. The van der Waals surface area contributed by atoms with E-state index in [0.717, 1.165) is 13.1 Å². The maximum Gasteiger partial charge on any atom is 0.0368 e. The molecule has 86 valence electrons. The van der Waals surface area contributed by atoms with Crippen molar-refractivity contribution in [1.29, 1.82) is 0 Å². The van der Waals surface area contributed by atoms with Crippen molar-refractivity contribution in [2.75, 3.05) is 31.9 Å². The van der Waals surface area contributed by atoms with Gasteiger partial charge in [-0.15, -0.1) is 11.8 Å². The second kappa shape index (κ2) is 4.78. The summed E-state index contributed by atoms with van der Waals surface area (Å²) < 4.78 is 0. The van der Waals surface area contributed by atoms with E-state index in [1.807, 2.05) is 11.8 Å². The van der Waals surface area contributed by atoms with Gasteiger partial charge in [0.15, 0.2) is 0 Å². The Balaban J connectivity index is 1.86. The monoisotopic (exact) mass is 234 g/mol. The molecule has 0 amide bonds. The summed E-state index contributed by atoms with van der Waals surface area (Å²) in [6.45, 7) is 4.69. The van der Waals surface area contributed by atoms with Gasteiger partial charge in [0.1, 0.15) is 0 Å². The Bertz CT molecular complexity index is 361. The van der Waals surface area contributed by atoms with Gasteiger partial charge in [-0.05, 0) is 23.8 Å². The first-order chi connectivity index (χ1) is 7.95. The van der Waals surface area contributed by atoms with E-state index >= 15 is 0 Å². The molecule has 1 unspecified atom stereocenters. The Morgan fingerprint density at radius 1 is 1.19 bits per heavy atom. The van der Waals surface area contributed by atoms with Crippen LogP contribution in [0.3, 0.4) is 0 Å². The van der Waals surface area contributed by atoms with E-state index in [1.165, 1.54) is 30.2 Å². The largest absolute Gasteiger partial charge is 0.314 e. The predicted octanol–water partition coefficient (Wildman–Crippen LogP) is 2.13. The lowest BCUT2D eigenvalue weighted by Gasteiger charge is -2.38. The van der Waals surface area contributed by atoms with Gasteiger partial charge in [0, 0.05) is 37.1 Å². The molecule has 1 aromatic carbocycles. The van der Waals surface area contributed by atoms with Crippen molar-refractivity contribution in [1.82, 2.24) is 10.2 Å². The fourth-order valence-electron chi connectivity index (χ4n) is 2.70. The standard InChI is InChI=1S/C13H18N2S/c1-2-4-13-11(3-1)12(5-10-16-13)15-8-6-14-7-9-15/h1-4,12,14H,5-10H2. The van der Waals surface area contributed by atoms with E-state index in [4.69, 9.17) is 0 Å². The average Bonchev–Trinajstić information content (AvgIpc) is 2.39. The highest BCUT2D eigenvalue weighted by Crippen LogP contribution is 2.39. The molecule has 2 heterocycles. The zero-order chi connectivity index (χ0) is 10.8. The molecule has 1 fully saturated rings. The quantitative estimate of drug-likeness (QED) is 0.801. The molecule has 16 heavy (non-hydrogen) atoms. The van der Waals surface area contributed by atoms with Crippen LogP contribution in [0.25, 0.3) is 0 Å². The van der Waals surface area contributed by atoms with Gasteiger partial charge >= 0.3 is 0 Å². The van der Waals surface area contributed by atoms with E-state index in [9.17, 15) is 0 Å². The van der Waals surface area contributed by atoms with E-state index in [2.05, 4.69) is 34.5 Å². The van der Waals surface area contributed by atoms with Gasteiger partial charge < -0.3 is 5.32 Å². The third-order valence-corrected chi connectivity index (χ3v) is 4.64. The molecular formula is C13H18N2S. The Kier molecular flexibility index (Phi) is 3.18. The van der Waals surface area contributed by atoms with E-state index < -0.39 is 0 Å². The fraction of sp³-hybridized carbons (Fsp3) is 0.538. The van der Waals surface area contributed by atoms with Crippen molar-refractivity contribution in [2.24, 2.45) is 0 Å². The van der Waals surface area contributed by atoms with Gasteiger partial charge in [-0.3, -0.25) is 4.90 Å². The van der Waals surface area contributed by atoms with Crippen LogP contribution in [0.5, 0.6) is 0 Å². The Hall–Kier alpha value is -0.510. The van der Waals surface area contributed by atoms with Gasteiger partial charge in [0.2, 0.25) is 0 Å². The molecule has 1 saturated heterocycles. The molecule has 0 aliphatic carbocycles. The summed E-state index contributed by atoms with van der Waals surface area (Å²) in [4.78, 5) is 4.15. The second-order valence-corrected chi connectivity index (χ2v) is 5.61. The minimum atomic E-state index is 0.666. The number of hydrogen-bond acceptors (Lipinski definition) is 3. The average molecular weight is 234 g/mol. The molecule has 0 bridgehead atoms. The maximum atomic E-state index is 3.43. The first kappa shape index (κ1) is 10.6. The highest BCUT2D eigenvalue weighted by Gasteiger charge is 2.26. The van der Waals surface area contributed by atoms with Crippen LogP contribution >= 0.6 is 11.8 Å². The van der Waals surface area contributed by atoms with E-state index in [1.54, 1.807) is 5.56 Å². The lowest BCUT2D eigenvalue weighted by Crippen LogP contribution is -2.45. The zero-order valence-corrected chi connectivity index (χ0v) is 10.3. The highest BCUT2D eigenvalue weighted by molar-refractivity contribution is 7.99. The van der Waals surface area contributed by atoms with Crippen molar-refractivity contribution in [3.63, 3.8) is 0 Å². The van der Waals surface area contributed by atoms with Crippen LogP contribution in [0, 0.1) is 0 Å². The van der Waals surface area contributed by atoms with E-state index in [0.29, 0.717) is 6.04 Å². The van der Waals surface area contributed by atoms with Gasteiger partial charge in [-0.2, -0.15) is 0 Å². The number of benzene rings is 1. The van der Waals surface area contributed by atoms with Crippen LogP contribution in [0.15, 0.2) is 29.2 Å². The van der Waals surface area contributed by atoms with E-state index in [-0.39, 0.29) is 0 Å². The molecule has 1 N–H and O–H groups in total. The third kappa shape index (κ3) is 1.99. The van der Waals surface area contributed by atoms with Crippen LogP contribution in [0.1, 0.15) is 18.0 Å². The summed E-state index contributed by atoms with van der Waals surface area (Å²) in [6.07, 6.45) is 1.31. The van der Waals surface area contributed by atoms with Crippen molar-refractivity contribution in [3.05, 3.63) is 29.8 Å². The van der Waals surface area contributed by atoms with Crippen LogP contribution in [0.4, 0.5) is 0 Å². The second-order valence-electron chi connectivity index (χ2n) is 4.48. The fourth-order valence-corrected chi connectivity index (χ4v) is 3.80. The Morgan fingerprint density at radius 2 is 2.00 bits per heavy atom. The number of rotatable bonds is 1. The van der Waals surface area contributed by atoms with Gasteiger partial charge in [-0.1, -0.05) is 18.2 Å². The molecular weight excluding hydrogens is 216 g/mol. The van der Waals surface area contributed by atoms with Crippen molar-refractivity contribution < 1.29 is 0 Å². The summed E-state index contributed by atoms with van der Waals surface area (Å²) in [5.41, 5.74) is 1.56. The Labute approximate surface area is 101 Å². The molecule has 0 aromatic heterocycles. The van der Waals surface area contributed by atoms with Gasteiger partial charge in [0.05, 0.1) is 0 Å². The molecule has 1 atom stereocenters. The summed E-state index contributed by atoms with van der Waals surface area (Å²) in [5.74, 6) is 1.27. The molecule has 0 spiro atoms. The normalized spacial score (nSPS) is 26.4. The lowest BCUT2D eigenvalue weighted by atomic mass is 10.0. The van der Waals surface area contributed by atoms with Crippen molar-refractivity contribution >= 4 is 11.8 Å². The summed E-state index contributed by atoms with van der Waals surface area (Å²) in [7, 11) is 0. The summed E-state index contributed by atoms with van der Waals surface area (Å²) >= 11 is 2.01. The molecule has 2 aliphatic heterocycles. The maximum absolute atomic E-state index is 3.43. The summed E-state index contributed by atoms with van der Waals surface area (Å²) in [5, 5.41) is 3.43. The van der Waals surface area contributed by atoms with Crippen LogP contribution in [0.2, 0.25) is 0 Å². The number of piperazine rings is 1. The molecule has 3 rings (SSSR count). The van der Waals surface area contributed by atoms with Crippen LogP contribution < -0.4 is 5.32 Å². The predicted molar refractivity (Wildman–Crippen MR) is 69.0 cm³/mol. The smallest absolute Gasteiger partial charge is 0.0368 e.